The average molecular weight is 339 g/mol. The smallest absolute Gasteiger partial charge is 0.416 e. The predicted octanol–water partition coefficient (Wildman–Crippen LogP) is 3.57. The summed E-state index contributed by atoms with van der Waals surface area (Å²) in [4.78, 5) is 16.2. The summed E-state index contributed by atoms with van der Waals surface area (Å²) < 4.78 is 43.4. The van der Waals surface area contributed by atoms with E-state index in [2.05, 4.69) is 9.72 Å². The summed E-state index contributed by atoms with van der Waals surface area (Å²) in [6.45, 7) is -0.742. The van der Waals surface area contributed by atoms with Gasteiger partial charge < -0.3 is 4.74 Å². The molecule has 118 valence electrons. The standard InChI is InChI=1S/C14H8F3N3O2S/c15-14(16,17)11-6-22-13(21)20(11)12-19-10(7-23-12)9-3-1-8(5-18)2-4-9/h1-4,7,11H,6H2/t11-/m0/s1. The molecule has 0 aliphatic carbocycles. The number of nitriles is 1. The highest BCUT2D eigenvalue weighted by atomic mass is 32.1. The maximum absolute atomic E-state index is 13.0. The molecule has 1 aromatic heterocycles. The van der Waals surface area contributed by atoms with Gasteiger partial charge in [0.15, 0.2) is 11.2 Å². The largest absolute Gasteiger partial charge is 0.447 e. The van der Waals surface area contributed by atoms with E-state index in [0.717, 1.165) is 11.3 Å². The molecule has 2 heterocycles. The minimum atomic E-state index is -4.59. The highest BCUT2D eigenvalue weighted by Gasteiger charge is 2.52. The minimum absolute atomic E-state index is 0.0748. The molecule has 9 heteroatoms. The van der Waals surface area contributed by atoms with E-state index < -0.39 is 24.9 Å². The van der Waals surface area contributed by atoms with Crippen molar-refractivity contribution in [3.05, 3.63) is 35.2 Å². The molecule has 23 heavy (non-hydrogen) atoms. The third kappa shape index (κ3) is 2.85. The summed E-state index contributed by atoms with van der Waals surface area (Å²) in [5.41, 5.74) is 1.53. The predicted molar refractivity (Wildman–Crippen MR) is 75.9 cm³/mol. The van der Waals surface area contributed by atoms with E-state index in [0.29, 0.717) is 21.7 Å². The summed E-state index contributed by atoms with van der Waals surface area (Å²) in [5.74, 6) is 0. The quantitative estimate of drug-likeness (QED) is 0.839. The van der Waals surface area contributed by atoms with E-state index in [1.54, 1.807) is 29.6 Å². The maximum atomic E-state index is 13.0. The van der Waals surface area contributed by atoms with Crippen molar-refractivity contribution in [1.29, 1.82) is 5.26 Å². The van der Waals surface area contributed by atoms with Gasteiger partial charge in [-0.3, -0.25) is 0 Å². The van der Waals surface area contributed by atoms with Crippen LogP contribution in [0.3, 0.4) is 0 Å². The molecule has 5 nitrogen and oxygen atoms in total. The lowest BCUT2D eigenvalue weighted by molar-refractivity contribution is -0.147. The Morgan fingerprint density at radius 3 is 2.65 bits per heavy atom. The number of hydrogen-bond donors (Lipinski definition) is 0. The molecule has 0 spiro atoms. The molecule has 3 rings (SSSR count). The van der Waals surface area contributed by atoms with Crippen LogP contribution < -0.4 is 4.90 Å². The van der Waals surface area contributed by atoms with Crippen LogP contribution in [-0.4, -0.2) is 29.9 Å². The number of ether oxygens (including phenoxy) is 1. The molecule has 2 aromatic rings. The fourth-order valence-electron chi connectivity index (χ4n) is 2.10. The number of anilines is 1. The number of halogens is 3. The van der Waals surface area contributed by atoms with Gasteiger partial charge in [0.25, 0.3) is 0 Å². The lowest BCUT2D eigenvalue weighted by Gasteiger charge is -2.20. The molecule has 0 N–H and O–H groups in total. The number of benzene rings is 1. The topological polar surface area (TPSA) is 66.2 Å². The van der Waals surface area contributed by atoms with Crippen molar-refractivity contribution < 1.29 is 22.7 Å². The van der Waals surface area contributed by atoms with Crippen molar-refractivity contribution in [2.45, 2.75) is 12.2 Å². The number of carbonyl (C=O) groups excluding carboxylic acids is 1. The van der Waals surface area contributed by atoms with E-state index in [9.17, 15) is 18.0 Å². The van der Waals surface area contributed by atoms with Crippen LogP contribution in [0, 0.1) is 11.3 Å². The molecule has 0 unspecified atom stereocenters. The second-order valence-corrected chi connectivity index (χ2v) is 5.55. The van der Waals surface area contributed by atoms with Gasteiger partial charge in [0, 0.05) is 10.9 Å². The van der Waals surface area contributed by atoms with Crippen LogP contribution in [0.1, 0.15) is 5.56 Å². The van der Waals surface area contributed by atoms with Crippen LogP contribution in [0.2, 0.25) is 0 Å². The molecular weight excluding hydrogens is 331 g/mol. The average Bonchev–Trinajstić information content (AvgIpc) is 3.13. The monoisotopic (exact) mass is 339 g/mol. The van der Waals surface area contributed by atoms with Crippen molar-refractivity contribution in [2.75, 3.05) is 11.5 Å². The fraction of sp³-hybridized carbons (Fsp3) is 0.214. The number of rotatable bonds is 2. The van der Waals surface area contributed by atoms with Crippen LogP contribution in [0.4, 0.5) is 23.1 Å². The Hall–Kier alpha value is -2.60. The molecule has 0 bridgehead atoms. The van der Waals surface area contributed by atoms with Gasteiger partial charge in [-0.1, -0.05) is 12.1 Å². The van der Waals surface area contributed by atoms with Crippen LogP contribution >= 0.6 is 11.3 Å². The molecule has 1 fully saturated rings. The number of cyclic esters (lactones) is 1. The lowest BCUT2D eigenvalue weighted by Crippen LogP contribution is -2.44. The van der Waals surface area contributed by atoms with Gasteiger partial charge in [0.2, 0.25) is 0 Å². The van der Waals surface area contributed by atoms with Crippen molar-refractivity contribution in [3.63, 3.8) is 0 Å². The first-order valence-corrected chi connectivity index (χ1v) is 7.27. The highest BCUT2D eigenvalue weighted by Crippen LogP contribution is 2.36. The third-order valence-electron chi connectivity index (χ3n) is 3.26. The number of alkyl halides is 3. The van der Waals surface area contributed by atoms with E-state index in [1.807, 2.05) is 6.07 Å². The molecule has 1 aliphatic rings. The van der Waals surface area contributed by atoms with Gasteiger partial charge in [-0.05, 0) is 12.1 Å². The second kappa shape index (κ2) is 5.55. The summed E-state index contributed by atoms with van der Waals surface area (Å²) >= 11 is 0.924. The van der Waals surface area contributed by atoms with Gasteiger partial charge in [-0.15, -0.1) is 11.3 Å². The Morgan fingerprint density at radius 1 is 1.35 bits per heavy atom. The van der Waals surface area contributed by atoms with Gasteiger partial charge in [0.1, 0.15) is 6.61 Å². The van der Waals surface area contributed by atoms with Crippen molar-refractivity contribution in [3.8, 4) is 17.3 Å². The minimum Gasteiger partial charge on any atom is -0.447 e. The van der Waals surface area contributed by atoms with Gasteiger partial charge in [-0.25, -0.2) is 14.7 Å². The zero-order valence-electron chi connectivity index (χ0n) is 11.4. The van der Waals surface area contributed by atoms with E-state index in [1.165, 1.54) is 0 Å². The Morgan fingerprint density at radius 2 is 2.04 bits per heavy atom. The number of amides is 1. The van der Waals surface area contributed by atoms with E-state index in [-0.39, 0.29) is 5.13 Å². The molecule has 1 amide bonds. The highest BCUT2D eigenvalue weighted by molar-refractivity contribution is 7.14. The molecule has 1 aromatic carbocycles. The van der Waals surface area contributed by atoms with Gasteiger partial charge in [-0.2, -0.15) is 18.4 Å². The summed E-state index contributed by atoms with van der Waals surface area (Å²) in [6.07, 6.45) is -5.65. The molecular formula is C14H8F3N3O2S. The molecule has 1 saturated heterocycles. The van der Waals surface area contributed by atoms with Crippen LogP contribution in [0.15, 0.2) is 29.6 Å². The number of aromatic nitrogens is 1. The van der Waals surface area contributed by atoms with Crippen LogP contribution in [-0.2, 0) is 4.74 Å². The molecule has 0 radical (unpaired) electrons. The number of carbonyl (C=O) groups is 1. The maximum Gasteiger partial charge on any atom is 0.416 e. The first-order chi connectivity index (χ1) is 10.9. The Balaban J connectivity index is 1.91. The lowest BCUT2D eigenvalue weighted by atomic mass is 10.1. The van der Waals surface area contributed by atoms with Crippen molar-refractivity contribution in [2.24, 2.45) is 0 Å². The van der Waals surface area contributed by atoms with E-state index in [4.69, 9.17) is 5.26 Å². The third-order valence-corrected chi connectivity index (χ3v) is 4.10. The summed E-state index contributed by atoms with van der Waals surface area (Å²) in [5, 5.41) is 10.2. The summed E-state index contributed by atoms with van der Waals surface area (Å²) in [6, 6.07) is 6.38. The van der Waals surface area contributed by atoms with Crippen LogP contribution in [0.25, 0.3) is 11.3 Å². The normalized spacial score (nSPS) is 17.9. The van der Waals surface area contributed by atoms with Crippen molar-refractivity contribution >= 4 is 22.6 Å². The van der Waals surface area contributed by atoms with Gasteiger partial charge in [0.05, 0.1) is 17.3 Å². The zero-order valence-corrected chi connectivity index (χ0v) is 12.2. The Labute approximate surface area is 132 Å². The summed E-state index contributed by atoms with van der Waals surface area (Å²) in [7, 11) is 0. The fourth-order valence-corrected chi connectivity index (χ4v) is 2.97. The van der Waals surface area contributed by atoms with E-state index >= 15 is 0 Å². The second-order valence-electron chi connectivity index (χ2n) is 4.71. The first kappa shape index (κ1) is 15.3. The van der Waals surface area contributed by atoms with Crippen molar-refractivity contribution in [1.82, 2.24) is 4.98 Å². The molecule has 1 atom stereocenters. The first-order valence-electron chi connectivity index (χ1n) is 6.39. The molecule has 0 saturated carbocycles. The SMILES string of the molecule is N#Cc1ccc(-c2csc(N3C(=O)OC[C@H]3C(F)(F)F)n2)cc1. The number of thiazole rings is 1. The van der Waals surface area contributed by atoms with Gasteiger partial charge >= 0.3 is 12.3 Å². The Kier molecular flexibility index (Phi) is 3.69. The zero-order chi connectivity index (χ0) is 16.6. The number of nitrogens with zero attached hydrogens (tertiary/aromatic N) is 3. The van der Waals surface area contributed by atoms with Crippen LogP contribution in [0.5, 0.6) is 0 Å². The Bertz CT molecular complexity index is 780. The number of hydrogen-bond acceptors (Lipinski definition) is 5. The molecule has 1 aliphatic heterocycles.